The van der Waals surface area contributed by atoms with E-state index in [1.807, 2.05) is 18.4 Å². The van der Waals surface area contributed by atoms with Crippen molar-refractivity contribution < 1.29 is 8.42 Å². The molecule has 2 N–H and O–H groups in total. The fourth-order valence-corrected chi connectivity index (χ4v) is 5.51. The highest BCUT2D eigenvalue weighted by molar-refractivity contribution is 7.98. The van der Waals surface area contributed by atoms with Crippen LogP contribution in [0.4, 0.5) is 0 Å². The molecule has 1 saturated carbocycles. The van der Waals surface area contributed by atoms with Gasteiger partial charge in [0.2, 0.25) is 0 Å². The minimum Gasteiger partial charge on any atom is -0.327 e. The summed E-state index contributed by atoms with van der Waals surface area (Å²) in [7, 11) is -1.17. The Morgan fingerprint density at radius 2 is 1.88 bits per heavy atom. The first-order chi connectivity index (χ1) is 11.2. The van der Waals surface area contributed by atoms with Gasteiger partial charge in [0.25, 0.3) is 0 Å². The summed E-state index contributed by atoms with van der Waals surface area (Å²) in [5, 5.41) is 0. The number of nitrogens with two attached hydrogens (primary N) is 1. The summed E-state index contributed by atoms with van der Waals surface area (Å²) in [5.74, 6) is 0.171. The maximum absolute atomic E-state index is 12.8. The molecule has 0 radical (unpaired) electrons. The Hall–Kier alpha value is -0.560. The zero-order chi connectivity index (χ0) is 17.9. The first-order valence-electron chi connectivity index (χ1n) is 8.59. The van der Waals surface area contributed by atoms with Gasteiger partial charge < -0.3 is 10.6 Å². The summed E-state index contributed by atoms with van der Waals surface area (Å²) in [6.07, 6.45) is 4.79. The van der Waals surface area contributed by atoms with Crippen LogP contribution in [0.15, 0.2) is 34.1 Å². The SMILES string of the molecule is CSc1ccc(S(=O)(=O)C[C@H]2C[C@@H](N(C)C(C)C)CC[C@@H]2N)cc1. The minimum absolute atomic E-state index is 0.0233. The van der Waals surface area contributed by atoms with Crippen LogP contribution in [0.2, 0.25) is 0 Å². The normalized spacial score (nSPS) is 25.4. The van der Waals surface area contributed by atoms with Gasteiger partial charge in [-0.2, -0.15) is 0 Å². The molecule has 2 rings (SSSR count). The van der Waals surface area contributed by atoms with Crippen LogP contribution >= 0.6 is 11.8 Å². The lowest BCUT2D eigenvalue weighted by Crippen LogP contribution is -2.48. The maximum Gasteiger partial charge on any atom is 0.178 e. The largest absolute Gasteiger partial charge is 0.327 e. The topological polar surface area (TPSA) is 63.4 Å². The number of sulfone groups is 1. The zero-order valence-electron chi connectivity index (χ0n) is 15.1. The van der Waals surface area contributed by atoms with Gasteiger partial charge in [0.1, 0.15) is 0 Å². The molecule has 3 atom stereocenters. The maximum atomic E-state index is 12.8. The van der Waals surface area contributed by atoms with Crippen molar-refractivity contribution in [3.05, 3.63) is 24.3 Å². The number of rotatable bonds is 6. The van der Waals surface area contributed by atoms with E-state index < -0.39 is 9.84 Å². The molecule has 4 nitrogen and oxygen atoms in total. The smallest absolute Gasteiger partial charge is 0.178 e. The van der Waals surface area contributed by atoms with Crippen LogP contribution in [0.3, 0.4) is 0 Å². The van der Waals surface area contributed by atoms with Crippen LogP contribution in [0.5, 0.6) is 0 Å². The van der Waals surface area contributed by atoms with E-state index in [-0.39, 0.29) is 17.7 Å². The molecular weight excluding hydrogens is 340 g/mol. The molecule has 136 valence electrons. The second-order valence-corrected chi connectivity index (χ2v) is 10.0. The van der Waals surface area contributed by atoms with Gasteiger partial charge in [-0.25, -0.2) is 8.42 Å². The van der Waals surface area contributed by atoms with Gasteiger partial charge in [-0.1, -0.05) is 0 Å². The fraction of sp³-hybridized carbons (Fsp3) is 0.667. The Kier molecular flexibility index (Phi) is 6.76. The van der Waals surface area contributed by atoms with E-state index in [0.29, 0.717) is 17.0 Å². The molecular formula is C18H30N2O2S2. The van der Waals surface area contributed by atoms with Crippen molar-refractivity contribution in [1.82, 2.24) is 4.90 Å². The average Bonchev–Trinajstić information content (AvgIpc) is 2.56. The van der Waals surface area contributed by atoms with E-state index >= 15 is 0 Å². The van der Waals surface area contributed by atoms with Gasteiger partial charge in [-0.15, -0.1) is 11.8 Å². The minimum atomic E-state index is -3.29. The first kappa shape index (κ1) is 19.8. The predicted octanol–water partition coefficient (Wildman–Crippen LogP) is 3.02. The van der Waals surface area contributed by atoms with Crippen molar-refractivity contribution in [3.8, 4) is 0 Å². The monoisotopic (exact) mass is 370 g/mol. The highest BCUT2D eigenvalue weighted by atomic mass is 32.2. The molecule has 0 aliphatic heterocycles. The number of hydrogen-bond acceptors (Lipinski definition) is 5. The lowest BCUT2D eigenvalue weighted by atomic mass is 9.82. The third-order valence-electron chi connectivity index (χ3n) is 5.26. The van der Waals surface area contributed by atoms with E-state index in [4.69, 9.17) is 5.73 Å². The van der Waals surface area contributed by atoms with Crippen LogP contribution in [0.25, 0.3) is 0 Å². The van der Waals surface area contributed by atoms with E-state index in [0.717, 1.165) is 24.2 Å². The summed E-state index contributed by atoms with van der Waals surface area (Å²) in [6.45, 7) is 4.35. The molecule has 24 heavy (non-hydrogen) atoms. The van der Waals surface area contributed by atoms with Gasteiger partial charge in [-0.3, -0.25) is 0 Å². The molecule has 1 fully saturated rings. The van der Waals surface area contributed by atoms with Crippen molar-refractivity contribution in [2.75, 3.05) is 19.1 Å². The van der Waals surface area contributed by atoms with Gasteiger partial charge in [-0.05, 0) is 76.6 Å². The molecule has 1 aromatic rings. The average molecular weight is 371 g/mol. The number of hydrogen-bond donors (Lipinski definition) is 1. The van der Waals surface area contributed by atoms with Crippen molar-refractivity contribution >= 4 is 21.6 Å². The van der Waals surface area contributed by atoms with Crippen molar-refractivity contribution in [3.63, 3.8) is 0 Å². The van der Waals surface area contributed by atoms with Crippen molar-refractivity contribution in [2.45, 2.75) is 61.0 Å². The van der Waals surface area contributed by atoms with Gasteiger partial charge in [0.15, 0.2) is 9.84 Å². The molecule has 0 unspecified atom stereocenters. The third kappa shape index (κ3) is 4.75. The van der Waals surface area contributed by atoms with Crippen LogP contribution in [-0.4, -0.2) is 50.5 Å². The van der Waals surface area contributed by atoms with Crippen LogP contribution in [0.1, 0.15) is 33.1 Å². The standard InChI is InChI=1S/C18H30N2O2S2/c1-13(2)20(3)15-5-10-18(19)14(11-15)12-24(21,22)17-8-6-16(23-4)7-9-17/h6-9,13-15,18H,5,10-12,19H2,1-4H3/t14-,15+,18+/m1/s1. The molecule has 6 heteroatoms. The number of thioether (sulfide) groups is 1. The van der Waals surface area contributed by atoms with E-state index in [1.54, 1.807) is 23.9 Å². The van der Waals surface area contributed by atoms with Gasteiger partial charge in [0, 0.05) is 23.0 Å². The molecule has 0 heterocycles. The summed E-state index contributed by atoms with van der Waals surface area (Å²) in [5.41, 5.74) is 6.26. The second kappa shape index (κ2) is 8.21. The Bertz CT molecular complexity index is 629. The Morgan fingerprint density at radius 1 is 1.25 bits per heavy atom. The summed E-state index contributed by atoms with van der Waals surface area (Å²) in [6, 6.07) is 8.02. The third-order valence-corrected chi connectivity index (χ3v) is 7.86. The fourth-order valence-electron chi connectivity index (χ4n) is 3.41. The summed E-state index contributed by atoms with van der Waals surface area (Å²) >= 11 is 1.61. The Morgan fingerprint density at radius 3 is 2.42 bits per heavy atom. The van der Waals surface area contributed by atoms with Crippen molar-refractivity contribution in [1.29, 1.82) is 0 Å². The lowest BCUT2D eigenvalue weighted by molar-refractivity contribution is 0.124. The van der Waals surface area contributed by atoms with Crippen molar-refractivity contribution in [2.24, 2.45) is 11.7 Å². The molecule has 0 saturated heterocycles. The number of benzene rings is 1. The molecule has 1 aliphatic rings. The highest BCUT2D eigenvalue weighted by Gasteiger charge is 2.34. The Balaban J connectivity index is 2.11. The lowest BCUT2D eigenvalue weighted by Gasteiger charge is -2.40. The van der Waals surface area contributed by atoms with Gasteiger partial charge in [0.05, 0.1) is 10.6 Å². The first-order valence-corrected chi connectivity index (χ1v) is 11.5. The van der Waals surface area contributed by atoms with Crippen LogP contribution in [0, 0.1) is 5.92 Å². The quantitative estimate of drug-likeness (QED) is 0.780. The molecule has 0 aromatic heterocycles. The summed E-state index contributed by atoms with van der Waals surface area (Å²) < 4.78 is 25.6. The van der Waals surface area contributed by atoms with Crippen LogP contribution < -0.4 is 5.73 Å². The van der Waals surface area contributed by atoms with E-state index in [1.165, 1.54) is 0 Å². The molecule has 1 aromatic carbocycles. The predicted molar refractivity (Wildman–Crippen MR) is 102 cm³/mol. The van der Waals surface area contributed by atoms with E-state index in [9.17, 15) is 8.42 Å². The summed E-state index contributed by atoms with van der Waals surface area (Å²) in [4.78, 5) is 3.83. The number of nitrogens with zero attached hydrogens (tertiary/aromatic N) is 1. The van der Waals surface area contributed by atoms with Gasteiger partial charge >= 0.3 is 0 Å². The van der Waals surface area contributed by atoms with Crippen LogP contribution in [-0.2, 0) is 9.84 Å². The molecule has 0 spiro atoms. The van der Waals surface area contributed by atoms with E-state index in [2.05, 4.69) is 25.8 Å². The molecule has 1 aliphatic carbocycles. The molecule has 0 amide bonds. The highest BCUT2D eigenvalue weighted by Crippen LogP contribution is 2.30. The second-order valence-electron chi connectivity index (χ2n) is 7.11. The molecule has 0 bridgehead atoms. The Labute approximate surface area is 151 Å². The zero-order valence-corrected chi connectivity index (χ0v) is 16.7.